The van der Waals surface area contributed by atoms with Crippen molar-refractivity contribution in [1.82, 2.24) is 0 Å². The maximum absolute atomic E-state index is 9.12. The minimum Gasteiger partial charge on any atom is -0.390 e. The molecule has 1 saturated carbocycles. The van der Waals surface area contributed by atoms with E-state index < -0.39 is 24.4 Å². The largest absolute Gasteiger partial charge is 0.390 e. The molecule has 4 heteroatoms. The second-order valence-electron chi connectivity index (χ2n) is 2.91. The van der Waals surface area contributed by atoms with Gasteiger partial charge in [-0.1, -0.05) is 6.92 Å². The normalized spacial score (nSPS) is 55.5. The molecule has 1 aliphatic rings. The summed E-state index contributed by atoms with van der Waals surface area (Å²) in [6.07, 6.45) is -2.94. The van der Waals surface area contributed by atoms with Crippen molar-refractivity contribution >= 4 is 0 Å². The van der Waals surface area contributed by atoms with Crippen LogP contribution in [0.4, 0.5) is 0 Å². The minimum absolute atomic E-state index is 0.231. The van der Waals surface area contributed by atoms with Crippen LogP contribution in [-0.2, 0) is 0 Å². The Morgan fingerprint density at radius 3 is 1.60 bits per heavy atom. The highest BCUT2D eigenvalue weighted by Crippen LogP contribution is 2.24. The average Bonchev–Trinajstić information content (AvgIpc) is 2.07. The standard InChI is InChI=1S/C6H13NO3/c1-2-3(7)5(9)6(10)4(2)8/h2-6,8-10H,7H2,1H3/t2-,3+,4-,5+,6-/m0/s1. The van der Waals surface area contributed by atoms with E-state index in [-0.39, 0.29) is 5.92 Å². The summed E-state index contributed by atoms with van der Waals surface area (Å²) < 4.78 is 0. The molecule has 0 bridgehead atoms. The van der Waals surface area contributed by atoms with Gasteiger partial charge in [0, 0.05) is 12.0 Å². The number of hydrogen-bond acceptors (Lipinski definition) is 4. The molecule has 0 aromatic heterocycles. The predicted molar refractivity (Wildman–Crippen MR) is 35.2 cm³/mol. The molecule has 5 N–H and O–H groups in total. The lowest BCUT2D eigenvalue weighted by Crippen LogP contribution is -2.37. The minimum atomic E-state index is -1.08. The van der Waals surface area contributed by atoms with Crippen molar-refractivity contribution in [3.05, 3.63) is 0 Å². The van der Waals surface area contributed by atoms with Gasteiger partial charge in [0.15, 0.2) is 0 Å². The first kappa shape index (κ1) is 7.94. The van der Waals surface area contributed by atoms with E-state index in [1.54, 1.807) is 6.92 Å². The smallest absolute Gasteiger partial charge is 0.108 e. The van der Waals surface area contributed by atoms with Gasteiger partial charge < -0.3 is 21.1 Å². The predicted octanol–water partition coefficient (Wildman–Crippen LogP) is -1.95. The second-order valence-corrected chi connectivity index (χ2v) is 2.91. The van der Waals surface area contributed by atoms with Crippen LogP contribution in [0.5, 0.6) is 0 Å². The van der Waals surface area contributed by atoms with Gasteiger partial charge in [-0.05, 0) is 0 Å². The van der Waals surface area contributed by atoms with Gasteiger partial charge in [-0.15, -0.1) is 0 Å². The van der Waals surface area contributed by atoms with Gasteiger partial charge >= 0.3 is 0 Å². The quantitative estimate of drug-likeness (QED) is 0.320. The van der Waals surface area contributed by atoms with E-state index in [1.807, 2.05) is 0 Å². The Morgan fingerprint density at radius 2 is 1.50 bits per heavy atom. The molecule has 10 heavy (non-hydrogen) atoms. The topological polar surface area (TPSA) is 86.7 Å². The van der Waals surface area contributed by atoms with Crippen molar-refractivity contribution in [2.75, 3.05) is 0 Å². The second kappa shape index (κ2) is 2.47. The van der Waals surface area contributed by atoms with Gasteiger partial charge in [-0.3, -0.25) is 0 Å². The van der Waals surface area contributed by atoms with Crippen molar-refractivity contribution < 1.29 is 15.3 Å². The zero-order chi connectivity index (χ0) is 7.89. The van der Waals surface area contributed by atoms with Gasteiger partial charge in [-0.25, -0.2) is 0 Å². The molecule has 1 rings (SSSR count). The third kappa shape index (κ3) is 0.932. The van der Waals surface area contributed by atoms with E-state index in [0.29, 0.717) is 0 Å². The molecule has 5 atom stereocenters. The highest BCUT2D eigenvalue weighted by atomic mass is 16.4. The Morgan fingerprint density at radius 1 is 1.00 bits per heavy atom. The van der Waals surface area contributed by atoms with Crippen LogP contribution in [-0.4, -0.2) is 39.7 Å². The maximum atomic E-state index is 9.12. The Bertz CT molecular complexity index is 85.3. The summed E-state index contributed by atoms with van der Waals surface area (Å²) in [5, 5.41) is 27.2. The van der Waals surface area contributed by atoms with Gasteiger partial charge in [0.25, 0.3) is 0 Å². The molecule has 60 valence electrons. The molecular formula is C6H13NO3. The van der Waals surface area contributed by atoms with Crippen molar-refractivity contribution in [3.8, 4) is 0 Å². The number of aliphatic hydroxyl groups excluding tert-OH is 3. The lowest BCUT2D eigenvalue weighted by Gasteiger charge is -2.12. The molecule has 0 unspecified atom stereocenters. The molecular weight excluding hydrogens is 134 g/mol. The summed E-state index contributed by atoms with van der Waals surface area (Å²) in [5.74, 6) is -0.231. The number of rotatable bonds is 0. The van der Waals surface area contributed by atoms with E-state index in [9.17, 15) is 0 Å². The molecule has 1 aliphatic carbocycles. The van der Waals surface area contributed by atoms with Crippen LogP contribution >= 0.6 is 0 Å². The summed E-state index contributed by atoms with van der Waals surface area (Å²) in [6.45, 7) is 1.70. The molecule has 0 aromatic rings. The Hall–Kier alpha value is -0.160. The van der Waals surface area contributed by atoms with Crippen molar-refractivity contribution in [1.29, 1.82) is 0 Å². The Labute approximate surface area is 59.3 Å². The molecule has 4 nitrogen and oxygen atoms in total. The molecule has 0 aliphatic heterocycles. The molecule has 0 spiro atoms. The summed E-state index contributed by atoms with van der Waals surface area (Å²) in [5.41, 5.74) is 5.43. The Kier molecular flexibility index (Phi) is 1.96. The zero-order valence-corrected chi connectivity index (χ0v) is 5.81. The summed E-state index contributed by atoms with van der Waals surface area (Å²) in [6, 6.07) is -0.509. The fraction of sp³-hybridized carbons (Fsp3) is 1.00. The lowest BCUT2D eigenvalue weighted by atomic mass is 10.1. The van der Waals surface area contributed by atoms with Crippen molar-refractivity contribution in [3.63, 3.8) is 0 Å². The fourth-order valence-electron chi connectivity index (χ4n) is 1.28. The third-order valence-corrected chi connectivity index (χ3v) is 2.24. The van der Waals surface area contributed by atoms with Crippen LogP contribution in [0.25, 0.3) is 0 Å². The van der Waals surface area contributed by atoms with E-state index >= 15 is 0 Å². The Balaban J connectivity index is 2.68. The molecule has 1 fully saturated rings. The monoisotopic (exact) mass is 147 g/mol. The van der Waals surface area contributed by atoms with E-state index in [0.717, 1.165) is 0 Å². The van der Waals surface area contributed by atoms with Crippen LogP contribution in [0, 0.1) is 5.92 Å². The van der Waals surface area contributed by atoms with Gasteiger partial charge in [0.1, 0.15) is 6.10 Å². The zero-order valence-electron chi connectivity index (χ0n) is 5.81. The van der Waals surface area contributed by atoms with Crippen LogP contribution in [0.3, 0.4) is 0 Å². The molecule has 0 aromatic carbocycles. The van der Waals surface area contributed by atoms with Crippen LogP contribution in [0.2, 0.25) is 0 Å². The maximum Gasteiger partial charge on any atom is 0.108 e. The lowest BCUT2D eigenvalue weighted by molar-refractivity contribution is -0.0257. The first-order valence-electron chi connectivity index (χ1n) is 3.35. The fourth-order valence-corrected chi connectivity index (χ4v) is 1.28. The highest BCUT2D eigenvalue weighted by Gasteiger charge is 2.44. The van der Waals surface area contributed by atoms with Crippen molar-refractivity contribution in [2.45, 2.75) is 31.3 Å². The molecule has 0 radical (unpaired) electrons. The summed E-state index contributed by atoms with van der Waals surface area (Å²) in [7, 11) is 0. The van der Waals surface area contributed by atoms with Crippen LogP contribution < -0.4 is 5.73 Å². The van der Waals surface area contributed by atoms with Gasteiger partial charge in [0.05, 0.1) is 12.2 Å². The number of nitrogens with two attached hydrogens (primary N) is 1. The van der Waals surface area contributed by atoms with E-state index in [2.05, 4.69) is 0 Å². The van der Waals surface area contributed by atoms with E-state index in [4.69, 9.17) is 21.1 Å². The first-order chi connectivity index (χ1) is 4.55. The van der Waals surface area contributed by atoms with Crippen molar-refractivity contribution in [2.24, 2.45) is 11.7 Å². The molecule has 0 amide bonds. The third-order valence-electron chi connectivity index (χ3n) is 2.24. The summed E-state index contributed by atoms with van der Waals surface area (Å²) >= 11 is 0. The summed E-state index contributed by atoms with van der Waals surface area (Å²) in [4.78, 5) is 0. The molecule has 0 saturated heterocycles. The average molecular weight is 147 g/mol. The first-order valence-corrected chi connectivity index (χ1v) is 3.35. The van der Waals surface area contributed by atoms with Gasteiger partial charge in [-0.2, -0.15) is 0 Å². The number of hydrogen-bond donors (Lipinski definition) is 4. The highest BCUT2D eigenvalue weighted by molar-refractivity contribution is 4.98. The number of aliphatic hydroxyl groups is 3. The van der Waals surface area contributed by atoms with E-state index in [1.165, 1.54) is 0 Å². The van der Waals surface area contributed by atoms with Crippen LogP contribution in [0.15, 0.2) is 0 Å². The molecule has 0 heterocycles. The SMILES string of the molecule is C[C@H]1[C@@H](N)[C@@H](O)[C@@H](O)[C@H]1O. The van der Waals surface area contributed by atoms with Gasteiger partial charge in [0.2, 0.25) is 0 Å². The van der Waals surface area contributed by atoms with Crippen LogP contribution in [0.1, 0.15) is 6.92 Å².